The quantitative estimate of drug-likeness (QED) is 0.755. The number of nitrogens with zero attached hydrogens (tertiary/aromatic N) is 3. The molecule has 3 rings (SSSR count). The molecule has 1 aromatic heterocycles. The topological polar surface area (TPSA) is 88.8 Å². The number of piperidine rings is 2. The number of likely N-dealkylation sites (tertiary alicyclic amines) is 2. The SMILES string of the molecule is Cl.Cl.NCCCN1C(=O)CC[C@H]2CN(C(=O)COc3cccnc3)CC[C@H]21. The van der Waals surface area contributed by atoms with Crippen molar-refractivity contribution in [2.45, 2.75) is 31.7 Å². The number of carbonyl (C=O) groups excluding carboxylic acids is 2. The van der Waals surface area contributed by atoms with Gasteiger partial charge in [0.25, 0.3) is 5.91 Å². The van der Waals surface area contributed by atoms with Gasteiger partial charge in [-0.05, 0) is 43.9 Å². The monoisotopic (exact) mass is 418 g/mol. The van der Waals surface area contributed by atoms with Crippen LogP contribution in [0.4, 0.5) is 0 Å². The van der Waals surface area contributed by atoms with Crippen molar-refractivity contribution < 1.29 is 14.3 Å². The molecule has 3 heterocycles. The van der Waals surface area contributed by atoms with Gasteiger partial charge >= 0.3 is 0 Å². The van der Waals surface area contributed by atoms with Gasteiger partial charge in [-0.1, -0.05) is 0 Å². The fourth-order valence-corrected chi connectivity index (χ4v) is 3.80. The van der Waals surface area contributed by atoms with Gasteiger partial charge in [0.2, 0.25) is 5.91 Å². The van der Waals surface area contributed by atoms with Crippen LogP contribution in [0.2, 0.25) is 0 Å². The number of hydrogen-bond donors (Lipinski definition) is 1. The van der Waals surface area contributed by atoms with Crippen molar-refractivity contribution in [1.29, 1.82) is 0 Å². The summed E-state index contributed by atoms with van der Waals surface area (Å²) in [6.45, 7) is 2.72. The zero-order chi connectivity index (χ0) is 17.6. The number of hydrogen-bond acceptors (Lipinski definition) is 5. The highest BCUT2D eigenvalue weighted by molar-refractivity contribution is 5.85. The summed E-state index contributed by atoms with van der Waals surface area (Å²) in [5, 5.41) is 0. The first-order chi connectivity index (χ1) is 12.2. The summed E-state index contributed by atoms with van der Waals surface area (Å²) in [6, 6.07) is 3.81. The molecular weight excluding hydrogens is 391 g/mol. The largest absolute Gasteiger partial charge is 0.482 e. The minimum atomic E-state index is -0.00675. The van der Waals surface area contributed by atoms with E-state index >= 15 is 0 Å². The molecule has 2 amide bonds. The van der Waals surface area contributed by atoms with Crippen LogP contribution in [0, 0.1) is 5.92 Å². The van der Waals surface area contributed by atoms with Crippen molar-refractivity contribution >= 4 is 36.6 Å². The Bertz CT molecular complexity index is 606. The molecule has 27 heavy (non-hydrogen) atoms. The first-order valence-electron chi connectivity index (χ1n) is 8.99. The van der Waals surface area contributed by atoms with Gasteiger partial charge in [-0.2, -0.15) is 0 Å². The van der Waals surface area contributed by atoms with Crippen molar-refractivity contribution in [1.82, 2.24) is 14.8 Å². The molecule has 152 valence electrons. The second-order valence-electron chi connectivity index (χ2n) is 6.70. The average molecular weight is 419 g/mol. The first kappa shape index (κ1) is 23.5. The zero-order valence-electron chi connectivity index (χ0n) is 15.3. The number of aromatic nitrogens is 1. The van der Waals surface area contributed by atoms with Crippen molar-refractivity contribution in [3.05, 3.63) is 24.5 Å². The van der Waals surface area contributed by atoms with Gasteiger partial charge in [-0.3, -0.25) is 14.6 Å². The first-order valence-corrected chi connectivity index (χ1v) is 8.99. The highest BCUT2D eigenvalue weighted by Crippen LogP contribution is 2.31. The molecule has 0 spiro atoms. The Hall–Kier alpha value is -1.57. The highest BCUT2D eigenvalue weighted by atomic mass is 35.5. The molecule has 2 fully saturated rings. The van der Waals surface area contributed by atoms with Crippen LogP contribution in [-0.4, -0.2) is 65.4 Å². The number of halogens is 2. The molecule has 0 radical (unpaired) electrons. The minimum Gasteiger partial charge on any atom is -0.482 e. The van der Waals surface area contributed by atoms with Crippen LogP contribution >= 0.6 is 24.8 Å². The van der Waals surface area contributed by atoms with E-state index in [0.29, 0.717) is 37.7 Å². The minimum absolute atomic E-state index is 0. The van der Waals surface area contributed by atoms with Crippen LogP contribution in [0.3, 0.4) is 0 Å². The van der Waals surface area contributed by atoms with E-state index in [9.17, 15) is 9.59 Å². The van der Waals surface area contributed by atoms with Gasteiger partial charge in [0, 0.05) is 38.3 Å². The Morgan fingerprint density at radius 1 is 1.33 bits per heavy atom. The second kappa shape index (κ2) is 11.3. The van der Waals surface area contributed by atoms with Crippen LogP contribution in [0.5, 0.6) is 5.75 Å². The van der Waals surface area contributed by atoms with Crippen molar-refractivity contribution in [2.24, 2.45) is 11.7 Å². The lowest BCUT2D eigenvalue weighted by molar-refractivity contribution is -0.145. The fraction of sp³-hybridized carbons (Fsp3) is 0.611. The summed E-state index contributed by atoms with van der Waals surface area (Å²) >= 11 is 0. The molecule has 1 aromatic rings. The van der Waals surface area contributed by atoms with Crippen molar-refractivity contribution in [3.63, 3.8) is 0 Å². The van der Waals surface area contributed by atoms with Gasteiger partial charge in [-0.15, -0.1) is 24.8 Å². The summed E-state index contributed by atoms with van der Waals surface area (Å²) in [7, 11) is 0. The standard InChI is InChI=1S/C18H26N4O3.2ClH/c19-7-2-9-22-16-6-10-21(12-14(16)4-5-17(22)23)18(24)13-25-15-3-1-8-20-11-15;;/h1,3,8,11,14,16H,2,4-7,9-10,12-13,19H2;2*1H/t14-,16+;;/m0../s1. The van der Waals surface area contributed by atoms with E-state index < -0.39 is 0 Å². The molecule has 7 nitrogen and oxygen atoms in total. The van der Waals surface area contributed by atoms with E-state index in [1.54, 1.807) is 24.5 Å². The Morgan fingerprint density at radius 3 is 2.85 bits per heavy atom. The maximum Gasteiger partial charge on any atom is 0.260 e. The summed E-state index contributed by atoms with van der Waals surface area (Å²) < 4.78 is 5.52. The second-order valence-corrected chi connectivity index (χ2v) is 6.70. The number of rotatable bonds is 6. The number of nitrogens with two attached hydrogens (primary N) is 1. The van der Waals surface area contributed by atoms with Crippen molar-refractivity contribution in [3.8, 4) is 5.75 Å². The molecule has 2 aliphatic heterocycles. The molecule has 0 bridgehead atoms. The molecule has 2 saturated heterocycles. The number of carbonyl (C=O) groups is 2. The average Bonchev–Trinajstić information content (AvgIpc) is 2.66. The maximum atomic E-state index is 12.4. The summed E-state index contributed by atoms with van der Waals surface area (Å²) in [6.07, 6.45) is 6.35. The van der Waals surface area contributed by atoms with E-state index in [2.05, 4.69) is 4.98 Å². The predicted molar refractivity (Wildman–Crippen MR) is 107 cm³/mol. The van der Waals surface area contributed by atoms with E-state index in [-0.39, 0.29) is 49.3 Å². The van der Waals surface area contributed by atoms with Gasteiger partial charge in [-0.25, -0.2) is 0 Å². The van der Waals surface area contributed by atoms with Crippen LogP contribution < -0.4 is 10.5 Å². The van der Waals surface area contributed by atoms with Gasteiger partial charge in [0.15, 0.2) is 6.61 Å². The number of ether oxygens (including phenoxy) is 1. The Labute approximate surface area is 172 Å². The van der Waals surface area contributed by atoms with E-state index in [4.69, 9.17) is 10.5 Å². The van der Waals surface area contributed by atoms with Crippen molar-refractivity contribution in [2.75, 3.05) is 32.8 Å². The maximum absolute atomic E-state index is 12.4. The summed E-state index contributed by atoms with van der Waals surface area (Å²) in [4.78, 5) is 32.5. The Morgan fingerprint density at radius 2 is 2.15 bits per heavy atom. The third-order valence-electron chi connectivity index (χ3n) is 5.10. The van der Waals surface area contributed by atoms with Crippen LogP contribution in [0.15, 0.2) is 24.5 Å². The Balaban J connectivity index is 0.00000182. The lowest BCUT2D eigenvalue weighted by Crippen LogP contribution is -2.57. The van der Waals surface area contributed by atoms with Gasteiger partial charge in [0.1, 0.15) is 5.75 Å². The third-order valence-corrected chi connectivity index (χ3v) is 5.10. The molecule has 9 heteroatoms. The fourth-order valence-electron chi connectivity index (χ4n) is 3.80. The number of pyridine rings is 1. The van der Waals surface area contributed by atoms with Gasteiger partial charge < -0.3 is 20.3 Å². The van der Waals surface area contributed by atoms with Crippen LogP contribution in [0.1, 0.15) is 25.7 Å². The predicted octanol–water partition coefficient (Wildman–Crippen LogP) is 1.49. The third kappa shape index (κ3) is 5.96. The highest BCUT2D eigenvalue weighted by Gasteiger charge is 2.39. The molecule has 2 N–H and O–H groups in total. The molecule has 2 aliphatic rings. The number of amides is 2. The lowest BCUT2D eigenvalue weighted by Gasteiger charge is -2.47. The lowest BCUT2D eigenvalue weighted by atomic mass is 9.83. The molecule has 0 saturated carbocycles. The summed E-state index contributed by atoms with van der Waals surface area (Å²) in [5.41, 5.74) is 5.59. The van der Waals surface area contributed by atoms with E-state index in [1.165, 1.54) is 0 Å². The summed E-state index contributed by atoms with van der Waals surface area (Å²) in [5.74, 6) is 1.18. The number of fused-ring (bicyclic) bond motifs is 1. The molecule has 0 aromatic carbocycles. The molecule has 0 unspecified atom stereocenters. The normalized spacial score (nSPS) is 21.6. The van der Waals surface area contributed by atoms with Gasteiger partial charge in [0.05, 0.1) is 6.20 Å². The molecule has 0 aliphatic carbocycles. The Kier molecular flexibility index (Phi) is 9.83. The smallest absolute Gasteiger partial charge is 0.260 e. The zero-order valence-corrected chi connectivity index (χ0v) is 16.9. The van der Waals surface area contributed by atoms with Crippen LogP contribution in [-0.2, 0) is 9.59 Å². The molecule has 2 atom stereocenters. The van der Waals surface area contributed by atoms with E-state index in [1.807, 2.05) is 9.80 Å². The van der Waals surface area contributed by atoms with E-state index in [0.717, 1.165) is 25.8 Å². The molecular formula is C18H28Cl2N4O3. The van der Waals surface area contributed by atoms with Crippen LogP contribution in [0.25, 0.3) is 0 Å².